The van der Waals surface area contributed by atoms with Crippen LogP contribution >= 0.6 is 11.6 Å². The lowest BCUT2D eigenvalue weighted by Gasteiger charge is -2.16. The van der Waals surface area contributed by atoms with Gasteiger partial charge in [-0.25, -0.2) is 9.97 Å². The Kier molecular flexibility index (Phi) is 6.15. The molecular formula is C20H26ClN3O3Si. The van der Waals surface area contributed by atoms with Crippen LogP contribution in [-0.4, -0.2) is 36.5 Å². The van der Waals surface area contributed by atoms with E-state index in [0.29, 0.717) is 35.3 Å². The molecule has 0 radical (unpaired) electrons. The number of halogens is 1. The van der Waals surface area contributed by atoms with Crippen molar-refractivity contribution < 1.29 is 14.3 Å². The fourth-order valence-corrected chi connectivity index (χ4v) is 3.55. The number of imidazole rings is 1. The van der Waals surface area contributed by atoms with Crippen molar-refractivity contribution in [3.05, 3.63) is 46.9 Å². The van der Waals surface area contributed by atoms with E-state index < -0.39 is 8.07 Å². The number of fused-ring (bicyclic) bond motifs is 1. The van der Waals surface area contributed by atoms with Crippen LogP contribution in [0, 0.1) is 6.92 Å². The molecule has 28 heavy (non-hydrogen) atoms. The van der Waals surface area contributed by atoms with Crippen molar-refractivity contribution in [2.45, 2.75) is 39.2 Å². The normalized spacial score (nSPS) is 11.6. The number of aromatic nitrogens is 3. The highest BCUT2D eigenvalue weighted by Gasteiger charge is 2.18. The highest BCUT2D eigenvalue weighted by molar-refractivity contribution is 6.76. The summed E-state index contributed by atoms with van der Waals surface area (Å²) in [4.78, 5) is 15.0. The van der Waals surface area contributed by atoms with Crippen LogP contribution in [0.2, 0.25) is 30.8 Å². The molecule has 0 N–H and O–H groups in total. The zero-order chi connectivity index (χ0) is 20.3. The van der Waals surface area contributed by atoms with Gasteiger partial charge in [0.25, 0.3) is 0 Å². The summed E-state index contributed by atoms with van der Waals surface area (Å²) < 4.78 is 12.8. The Bertz CT molecular complexity index is 952. The highest BCUT2D eigenvalue weighted by atomic mass is 35.5. The zero-order valence-electron chi connectivity index (χ0n) is 17.0. The van der Waals surface area contributed by atoms with E-state index in [0.717, 1.165) is 23.2 Å². The maximum Gasteiger partial charge on any atom is 0.201 e. The van der Waals surface area contributed by atoms with Gasteiger partial charge in [-0.3, -0.25) is 0 Å². The molecule has 0 bridgehead atoms. The van der Waals surface area contributed by atoms with Crippen molar-refractivity contribution in [3.8, 4) is 11.5 Å². The summed E-state index contributed by atoms with van der Waals surface area (Å²) >= 11 is 6.24. The third-order valence-corrected chi connectivity index (χ3v) is 6.19. The smallest absolute Gasteiger partial charge is 0.201 e. The van der Waals surface area contributed by atoms with E-state index in [9.17, 15) is 0 Å². The van der Waals surface area contributed by atoms with Gasteiger partial charge in [-0.1, -0.05) is 43.4 Å². The molecule has 0 aliphatic carbocycles. The van der Waals surface area contributed by atoms with Crippen molar-refractivity contribution in [3.63, 3.8) is 0 Å². The van der Waals surface area contributed by atoms with E-state index in [1.165, 1.54) is 0 Å². The molecule has 0 aliphatic rings. The lowest BCUT2D eigenvalue weighted by atomic mass is 10.2. The van der Waals surface area contributed by atoms with Crippen LogP contribution < -0.4 is 14.3 Å². The molecule has 3 aromatic rings. The molecule has 0 aliphatic heterocycles. The Labute approximate surface area is 171 Å². The Morgan fingerprint density at radius 1 is 1.11 bits per heavy atom. The minimum Gasteiger partial charge on any atom is -0.497 e. The number of pyridine rings is 1. The van der Waals surface area contributed by atoms with Crippen molar-refractivity contribution in [2.75, 3.05) is 13.7 Å². The Morgan fingerprint density at radius 3 is 2.46 bits per heavy atom. The van der Waals surface area contributed by atoms with Gasteiger partial charge in [-0.2, -0.15) is 0 Å². The molecular weight excluding hydrogens is 394 g/mol. The van der Waals surface area contributed by atoms with Gasteiger partial charge >= 0.3 is 0 Å². The van der Waals surface area contributed by atoms with E-state index in [2.05, 4.69) is 29.6 Å². The van der Waals surface area contributed by atoms with Crippen molar-refractivity contribution in [1.82, 2.24) is 14.7 Å². The number of rotatable bonds is 8. The summed E-state index contributed by atoms with van der Waals surface area (Å²) in [6.45, 7) is 9.85. The summed E-state index contributed by atoms with van der Waals surface area (Å²) in [5.74, 6) is 2.11. The van der Waals surface area contributed by atoms with Crippen molar-refractivity contribution in [1.29, 1.82) is 0 Å². The molecule has 2 heterocycles. The van der Waals surface area contributed by atoms with Crippen molar-refractivity contribution >= 4 is 30.8 Å². The number of methoxy groups -OCH3 is 1. The number of hydrogen-bond donors (Lipinski definition) is 0. The number of hydrogen-bond acceptors (Lipinski definition) is 5. The zero-order valence-corrected chi connectivity index (χ0v) is 18.7. The Morgan fingerprint density at radius 2 is 1.82 bits per heavy atom. The van der Waals surface area contributed by atoms with Crippen LogP contribution in [0.4, 0.5) is 0 Å². The summed E-state index contributed by atoms with van der Waals surface area (Å²) in [5.41, 5.74) is 2.23. The molecule has 0 spiro atoms. The first-order chi connectivity index (χ1) is 13.3. The quantitative estimate of drug-likeness (QED) is 0.389. The van der Waals surface area contributed by atoms with E-state index in [4.69, 9.17) is 25.9 Å². The van der Waals surface area contributed by atoms with Crippen LogP contribution in [0.25, 0.3) is 11.2 Å². The number of benzene rings is 1. The Hall–Kier alpha value is -2.25. The molecule has 2 aromatic heterocycles. The minimum atomic E-state index is -1.19. The molecule has 0 amide bonds. The monoisotopic (exact) mass is 419 g/mol. The van der Waals surface area contributed by atoms with Crippen LogP contribution in [0.15, 0.2) is 30.3 Å². The van der Waals surface area contributed by atoms with Crippen LogP contribution in [-0.2, 0) is 6.61 Å². The van der Waals surface area contributed by atoms with E-state index in [1.54, 1.807) is 17.9 Å². The SMILES string of the molecule is COc1ccc(COc2cc(Cl)nc3c2nc(C)n3OCC[Si](C)(C)C)cc1. The van der Waals surface area contributed by atoms with Gasteiger partial charge < -0.3 is 14.3 Å². The molecule has 0 saturated heterocycles. The van der Waals surface area contributed by atoms with Crippen LogP contribution in [0.1, 0.15) is 11.4 Å². The molecule has 0 fully saturated rings. The van der Waals surface area contributed by atoms with Gasteiger partial charge in [0, 0.05) is 14.1 Å². The largest absolute Gasteiger partial charge is 0.497 e. The standard InChI is InChI=1S/C20H26ClN3O3Si/c1-14-22-19-17(26-13-15-6-8-16(25-2)9-7-15)12-18(21)23-20(19)24(14)27-10-11-28(3,4)5/h6-9,12H,10-11,13H2,1-5H3. The molecule has 3 rings (SSSR count). The first kappa shape index (κ1) is 20.5. The lowest BCUT2D eigenvalue weighted by molar-refractivity contribution is 0.124. The number of ether oxygens (including phenoxy) is 2. The second kappa shape index (κ2) is 8.41. The molecule has 0 saturated carbocycles. The summed E-state index contributed by atoms with van der Waals surface area (Å²) in [6.07, 6.45) is 0. The highest BCUT2D eigenvalue weighted by Crippen LogP contribution is 2.28. The molecule has 0 atom stereocenters. The topological polar surface area (TPSA) is 58.4 Å². The number of aryl methyl sites for hydroxylation is 1. The molecule has 0 unspecified atom stereocenters. The molecule has 1 aromatic carbocycles. The fraction of sp³-hybridized carbons (Fsp3) is 0.400. The summed E-state index contributed by atoms with van der Waals surface area (Å²) in [6, 6.07) is 10.5. The average Bonchev–Trinajstić information content (AvgIpc) is 2.95. The lowest BCUT2D eigenvalue weighted by Crippen LogP contribution is -2.25. The van der Waals surface area contributed by atoms with Crippen molar-refractivity contribution in [2.24, 2.45) is 0 Å². The molecule has 150 valence electrons. The third-order valence-electron chi connectivity index (χ3n) is 4.29. The third kappa shape index (κ3) is 4.96. The van der Waals surface area contributed by atoms with Crippen LogP contribution in [0.3, 0.4) is 0 Å². The minimum absolute atomic E-state index is 0.340. The predicted molar refractivity (Wildman–Crippen MR) is 114 cm³/mol. The fourth-order valence-electron chi connectivity index (χ4n) is 2.67. The van der Waals surface area contributed by atoms with E-state index >= 15 is 0 Å². The molecule has 6 nitrogen and oxygen atoms in total. The molecule has 8 heteroatoms. The van der Waals surface area contributed by atoms with Gasteiger partial charge in [0.15, 0.2) is 11.3 Å². The Balaban J connectivity index is 1.81. The first-order valence-electron chi connectivity index (χ1n) is 9.21. The van der Waals surface area contributed by atoms with Gasteiger partial charge in [-0.05, 0) is 30.7 Å². The maximum absolute atomic E-state index is 6.24. The first-order valence-corrected chi connectivity index (χ1v) is 13.3. The van der Waals surface area contributed by atoms with Crippen LogP contribution in [0.5, 0.6) is 11.5 Å². The second-order valence-electron chi connectivity index (χ2n) is 7.85. The second-order valence-corrected chi connectivity index (χ2v) is 13.9. The summed E-state index contributed by atoms with van der Waals surface area (Å²) in [5, 5.41) is 0.340. The van der Waals surface area contributed by atoms with E-state index in [-0.39, 0.29) is 0 Å². The maximum atomic E-state index is 6.24. The average molecular weight is 420 g/mol. The van der Waals surface area contributed by atoms with Gasteiger partial charge in [-0.15, -0.1) is 4.73 Å². The van der Waals surface area contributed by atoms with Gasteiger partial charge in [0.05, 0.1) is 7.11 Å². The van der Waals surface area contributed by atoms with Gasteiger partial charge in [0.1, 0.15) is 29.9 Å². The number of nitrogens with zero attached hydrogens (tertiary/aromatic N) is 3. The van der Waals surface area contributed by atoms with Gasteiger partial charge in [0.2, 0.25) is 5.65 Å². The van der Waals surface area contributed by atoms with E-state index in [1.807, 2.05) is 31.2 Å². The summed E-state index contributed by atoms with van der Waals surface area (Å²) in [7, 11) is 0.451. The predicted octanol–water partition coefficient (Wildman–Crippen LogP) is 4.75.